The summed E-state index contributed by atoms with van der Waals surface area (Å²) in [5.74, 6) is 0.992. The summed E-state index contributed by atoms with van der Waals surface area (Å²) in [6, 6.07) is 0. The molecule has 4 aliphatic rings. The van der Waals surface area contributed by atoms with Crippen LogP contribution in [0, 0.1) is 34.5 Å². The van der Waals surface area contributed by atoms with Crippen molar-refractivity contribution in [3.63, 3.8) is 0 Å². The lowest BCUT2D eigenvalue weighted by atomic mass is 9.52. The molecule has 4 nitrogen and oxygen atoms in total. The van der Waals surface area contributed by atoms with E-state index in [0.717, 1.165) is 32.1 Å². The second kappa shape index (κ2) is 7.23. The molecule has 3 unspecified atom stereocenters. The van der Waals surface area contributed by atoms with Crippen LogP contribution in [0.15, 0.2) is 35.5 Å². The highest BCUT2D eigenvalue weighted by Crippen LogP contribution is 2.65. The van der Waals surface area contributed by atoms with Crippen molar-refractivity contribution >= 4 is 11.8 Å². The number of carbonyl (C=O) groups excluding carboxylic acids is 2. The van der Waals surface area contributed by atoms with Crippen LogP contribution in [0.4, 0.5) is 0 Å². The maximum absolute atomic E-state index is 13.1. The predicted molar refractivity (Wildman–Crippen MR) is 112 cm³/mol. The molecule has 158 valence electrons. The van der Waals surface area contributed by atoms with E-state index in [9.17, 15) is 14.7 Å². The molecule has 0 amide bonds. The molecule has 0 aromatic heterocycles. The Labute approximate surface area is 174 Å². The highest BCUT2D eigenvalue weighted by atomic mass is 16.5. The third kappa shape index (κ3) is 3.15. The van der Waals surface area contributed by atoms with Crippen LogP contribution < -0.4 is 0 Å². The summed E-state index contributed by atoms with van der Waals surface area (Å²) in [7, 11) is 0. The molecule has 0 aromatic carbocycles. The number of rotatable bonds is 4. The lowest BCUT2D eigenvalue weighted by Gasteiger charge is -2.52. The molecule has 0 radical (unpaired) electrons. The van der Waals surface area contributed by atoms with Gasteiger partial charge >= 0.3 is 5.97 Å². The minimum absolute atomic E-state index is 0.0388. The van der Waals surface area contributed by atoms with Crippen LogP contribution in [-0.4, -0.2) is 29.6 Å². The number of hydrogen-bond donors (Lipinski definition) is 1. The summed E-state index contributed by atoms with van der Waals surface area (Å²) >= 11 is 0. The first kappa shape index (κ1) is 20.6. The second-order valence-electron chi connectivity index (χ2n) is 9.99. The molecule has 0 aliphatic heterocycles. The Balaban J connectivity index is 1.67. The topological polar surface area (TPSA) is 63.6 Å². The van der Waals surface area contributed by atoms with Crippen molar-refractivity contribution in [1.82, 2.24) is 0 Å². The van der Waals surface area contributed by atoms with E-state index in [0.29, 0.717) is 17.8 Å². The highest BCUT2D eigenvalue weighted by molar-refractivity contribution is 5.85. The smallest absolute Gasteiger partial charge is 0.303 e. The molecule has 0 aromatic rings. The Hall–Kier alpha value is -1.68. The van der Waals surface area contributed by atoms with E-state index in [2.05, 4.69) is 32.9 Å². The molecule has 0 bridgehead atoms. The standard InChI is InChI=1S/C25H34O4/c1-5-16-12-21-19-7-6-17-13-18(27)8-10-24(17,3)20(19)9-11-25(21,4)23(16)22(28)14-29-15(2)26/h8-10,13,16,18-19,21,23,27H,5-7,11-12,14H2,1-4H3/t16-,18?,19?,21?,23-,24+,25+/m1/s1. The number of ether oxygens (including phenoxy) is 1. The molecule has 0 spiro atoms. The Kier molecular flexibility index (Phi) is 5.13. The minimum atomic E-state index is -0.469. The lowest BCUT2D eigenvalue weighted by molar-refractivity contribution is -0.148. The van der Waals surface area contributed by atoms with Crippen molar-refractivity contribution in [3.8, 4) is 0 Å². The zero-order valence-electron chi connectivity index (χ0n) is 18.1. The average Bonchev–Trinajstić information content (AvgIpc) is 2.99. The Bertz CT molecular complexity index is 806. The largest absolute Gasteiger partial charge is 0.458 e. The molecule has 1 N–H and O–H groups in total. The molecule has 2 fully saturated rings. The Morgan fingerprint density at radius 3 is 2.76 bits per heavy atom. The molecule has 0 heterocycles. The fraction of sp³-hybridized carbons (Fsp3) is 0.680. The van der Waals surface area contributed by atoms with Crippen LogP contribution in [0.2, 0.25) is 0 Å². The molecule has 29 heavy (non-hydrogen) atoms. The summed E-state index contributed by atoms with van der Waals surface area (Å²) in [4.78, 5) is 24.4. The molecular formula is C25H34O4. The van der Waals surface area contributed by atoms with Crippen molar-refractivity contribution in [2.24, 2.45) is 34.5 Å². The molecule has 4 aliphatic carbocycles. The number of hydrogen-bond acceptors (Lipinski definition) is 4. The summed E-state index contributed by atoms with van der Waals surface area (Å²) < 4.78 is 5.09. The number of carbonyl (C=O) groups is 2. The van der Waals surface area contributed by atoms with Crippen molar-refractivity contribution in [3.05, 3.63) is 35.5 Å². The van der Waals surface area contributed by atoms with Crippen LogP contribution in [0.25, 0.3) is 0 Å². The van der Waals surface area contributed by atoms with Gasteiger partial charge in [0.05, 0.1) is 6.10 Å². The van der Waals surface area contributed by atoms with Gasteiger partial charge in [0.2, 0.25) is 0 Å². The molecular weight excluding hydrogens is 364 g/mol. The second-order valence-corrected chi connectivity index (χ2v) is 9.99. The van der Waals surface area contributed by atoms with E-state index in [1.165, 1.54) is 18.1 Å². The van der Waals surface area contributed by atoms with Gasteiger partial charge in [0.15, 0.2) is 5.78 Å². The van der Waals surface area contributed by atoms with Crippen molar-refractivity contribution in [2.45, 2.75) is 65.9 Å². The fourth-order valence-corrected chi connectivity index (χ4v) is 7.12. The van der Waals surface area contributed by atoms with Crippen LogP contribution >= 0.6 is 0 Å². The zero-order valence-corrected chi connectivity index (χ0v) is 18.1. The van der Waals surface area contributed by atoms with Crippen molar-refractivity contribution in [1.29, 1.82) is 0 Å². The van der Waals surface area contributed by atoms with E-state index in [1.807, 2.05) is 12.2 Å². The van der Waals surface area contributed by atoms with Gasteiger partial charge in [-0.1, -0.05) is 55.7 Å². The van der Waals surface area contributed by atoms with E-state index in [4.69, 9.17) is 4.74 Å². The lowest BCUT2D eigenvalue weighted by Crippen LogP contribution is -2.45. The van der Waals surface area contributed by atoms with E-state index in [1.54, 1.807) is 0 Å². The van der Waals surface area contributed by atoms with Crippen LogP contribution in [0.1, 0.15) is 59.8 Å². The number of allylic oxidation sites excluding steroid dienone is 4. The zero-order chi connectivity index (χ0) is 21.0. The molecule has 4 rings (SSSR count). The first-order chi connectivity index (χ1) is 13.7. The summed E-state index contributed by atoms with van der Waals surface area (Å²) in [5.41, 5.74) is 2.67. The van der Waals surface area contributed by atoms with E-state index in [-0.39, 0.29) is 35.1 Å². The monoisotopic (exact) mass is 398 g/mol. The van der Waals surface area contributed by atoms with Gasteiger partial charge in [-0.3, -0.25) is 9.59 Å². The van der Waals surface area contributed by atoms with E-state index < -0.39 is 6.10 Å². The number of aliphatic hydroxyl groups excluding tert-OH is 1. The fourth-order valence-electron chi connectivity index (χ4n) is 7.12. The van der Waals surface area contributed by atoms with Crippen LogP contribution in [0.5, 0.6) is 0 Å². The van der Waals surface area contributed by atoms with Gasteiger partial charge in [-0.05, 0) is 55.8 Å². The first-order valence-corrected chi connectivity index (χ1v) is 11.2. The summed E-state index contributed by atoms with van der Waals surface area (Å²) in [5, 5.41) is 10.0. The molecule has 0 saturated heterocycles. The highest BCUT2D eigenvalue weighted by Gasteiger charge is 2.59. The molecule has 4 heteroatoms. The van der Waals surface area contributed by atoms with Crippen molar-refractivity contribution < 1.29 is 19.4 Å². The molecule has 2 saturated carbocycles. The summed E-state index contributed by atoms with van der Waals surface area (Å²) in [6.07, 6.45) is 13.1. The number of aliphatic hydroxyl groups is 1. The normalized spacial score (nSPS) is 42.9. The van der Waals surface area contributed by atoms with E-state index >= 15 is 0 Å². The maximum atomic E-state index is 13.1. The van der Waals surface area contributed by atoms with Crippen LogP contribution in [-0.2, 0) is 14.3 Å². The SMILES string of the molecule is CC[C@@H]1CC2C3CCC4=CC(O)C=C[C@]4(C)C3=CC[C@]2(C)[C@H]1C(=O)COC(C)=O. The quantitative estimate of drug-likeness (QED) is 0.563. The van der Waals surface area contributed by atoms with Crippen molar-refractivity contribution in [2.75, 3.05) is 6.61 Å². The van der Waals surface area contributed by atoms with Gasteiger partial charge in [0.1, 0.15) is 6.61 Å². The third-order valence-electron chi connectivity index (χ3n) is 8.51. The van der Waals surface area contributed by atoms with Gasteiger partial charge < -0.3 is 9.84 Å². The third-order valence-corrected chi connectivity index (χ3v) is 8.51. The summed E-state index contributed by atoms with van der Waals surface area (Å²) in [6.45, 7) is 8.04. The number of ketones is 1. The van der Waals surface area contributed by atoms with Gasteiger partial charge in [-0.15, -0.1) is 0 Å². The number of Topliss-reactive ketones (excluding diaryl/α,β-unsaturated/α-hetero) is 1. The molecule has 7 atom stereocenters. The van der Waals surface area contributed by atoms with Gasteiger partial charge in [-0.25, -0.2) is 0 Å². The predicted octanol–water partition coefficient (Wildman–Crippen LogP) is 4.39. The van der Waals surface area contributed by atoms with Gasteiger partial charge in [-0.2, -0.15) is 0 Å². The maximum Gasteiger partial charge on any atom is 0.303 e. The Morgan fingerprint density at radius 1 is 1.31 bits per heavy atom. The van der Waals surface area contributed by atoms with Gasteiger partial charge in [0.25, 0.3) is 0 Å². The number of fused-ring (bicyclic) bond motifs is 5. The Morgan fingerprint density at radius 2 is 2.07 bits per heavy atom. The van der Waals surface area contributed by atoms with Gasteiger partial charge in [0, 0.05) is 18.3 Å². The minimum Gasteiger partial charge on any atom is -0.458 e. The first-order valence-electron chi connectivity index (χ1n) is 11.2. The average molecular weight is 399 g/mol. The van der Waals surface area contributed by atoms with Crippen LogP contribution in [0.3, 0.4) is 0 Å². The number of esters is 1.